The Morgan fingerprint density at radius 2 is 1.84 bits per heavy atom. The van der Waals surface area contributed by atoms with Gasteiger partial charge in [0, 0.05) is 12.0 Å². The van der Waals surface area contributed by atoms with Crippen molar-refractivity contribution in [1.29, 1.82) is 0 Å². The van der Waals surface area contributed by atoms with E-state index in [1.54, 1.807) is 4.40 Å². The van der Waals surface area contributed by atoms with Gasteiger partial charge in [-0.3, -0.25) is 18.6 Å². The minimum Gasteiger partial charge on any atom is -0.352 e. The monoisotopic (exact) mass is 341 g/mol. The molecule has 2 heterocycles. The van der Waals surface area contributed by atoms with Gasteiger partial charge in [-0.2, -0.15) is 0 Å². The number of hydrogen-bond acceptors (Lipinski definition) is 4. The molecule has 25 heavy (non-hydrogen) atoms. The minimum atomic E-state index is -0.308. The second-order valence-corrected chi connectivity index (χ2v) is 6.63. The number of para-hydroxylation sites is 2. The zero-order valence-electron chi connectivity index (χ0n) is 15.0. The van der Waals surface area contributed by atoms with Crippen LogP contribution in [0, 0.1) is 0 Å². The van der Waals surface area contributed by atoms with Crippen molar-refractivity contribution in [3.8, 4) is 0 Å². The van der Waals surface area contributed by atoms with Crippen LogP contribution in [0.4, 0.5) is 0 Å². The van der Waals surface area contributed by atoms with Crippen molar-refractivity contribution in [2.45, 2.75) is 52.6 Å². The summed E-state index contributed by atoms with van der Waals surface area (Å²) in [6.07, 6.45) is 0.836. The molecule has 3 aromatic rings. The molecule has 1 aromatic carbocycles. The predicted octanol–water partition coefficient (Wildman–Crippen LogP) is 2.08. The summed E-state index contributed by atoms with van der Waals surface area (Å²) in [6, 6.07) is 7.59. The van der Waals surface area contributed by atoms with E-state index in [1.807, 2.05) is 52.0 Å². The third-order valence-electron chi connectivity index (χ3n) is 4.38. The second kappa shape index (κ2) is 6.66. The topological polar surface area (TPSA) is 81.3 Å². The van der Waals surface area contributed by atoms with Crippen LogP contribution in [-0.2, 0) is 11.3 Å². The van der Waals surface area contributed by atoms with Crippen LogP contribution in [-0.4, -0.2) is 31.1 Å². The van der Waals surface area contributed by atoms with E-state index in [0.717, 1.165) is 17.8 Å². The SMILES string of the molecule is CCC(C)NC(=O)Cn1c(=O)c2nnc(C(C)C)n2c2ccccc21. The first-order valence-electron chi connectivity index (χ1n) is 8.60. The molecule has 0 saturated carbocycles. The minimum absolute atomic E-state index is 0.0376. The number of rotatable bonds is 5. The number of hydrogen-bond donors (Lipinski definition) is 1. The molecule has 0 radical (unpaired) electrons. The summed E-state index contributed by atoms with van der Waals surface area (Å²) in [5, 5.41) is 11.2. The van der Waals surface area contributed by atoms with Gasteiger partial charge in [-0.25, -0.2) is 0 Å². The molecular weight excluding hydrogens is 318 g/mol. The molecule has 1 amide bonds. The Balaban J connectivity index is 2.20. The van der Waals surface area contributed by atoms with Gasteiger partial charge in [-0.05, 0) is 25.5 Å². The van der Waals surface area contributed by atoms with Crippen LogP contribution in [0.25, 0.3) is 16.7 Å². The van der Waals surface area contributed by atoms with Crippen molar-refractivity contribution in [1.82, 2.24) is 24.5 Å². The molecule has 7 nitrogen and oxygen atoms in total. The number of aromatic nitrogens is 4. The van der Waals surface area contributed by atoms with Crippen molar-refractivity contribution >= 4 is 22.6 Å². The van der Waals surface area contributed by atoms with Gasteiger partial charge in [0.15, 0.2) is 0 Å². The lowest BCUT2D eigenvalue weighted by molar-refractivity contribution is -0.122. The summed E-state index contributed by atoms with van der Waals surface area (Å²) in [4.78, 5) is 25.2. The number of carbonyl (C=O) groups is 1. The Morgan fingerprint density at radius 3 is 2.48 bits per heavy atom. The molecule has 132 valence electrons. The third-order valence-corrected chi connectivity index (χ3v) is 4.38. The summed E-state index contributed by atoms with van der Waals surface area (Å²) in [7, 11) is 0. The normalized spacial score (nSPS) is 12.8. The molecule has 1 unspecified atom stereocenters. The summed E-state index contributed by atoms with van der Waals surface area (Å²) in [5.41, 5.74) is 1.46. The van der Waals surface area contributed by atoms with Gasteiger partial charge in [0.2, 0.25) is 11.6 Å². The largest absolute Gasteiger partial charge is 0.352 e. The molecule has 0 fully saturated rings. The standard InChI is InChI=1S/C18H23N5O2/c1-5-12(4)19-15(24)10-22-13-8-6-7-9-14(13)23-16(11(2)3)20-21-17(23)18(22)25/h6-9,11-12H,5,10H2,1-4H3,(H,19,24). The maximum atomic E-state index is 12.9. The molecule has 0 aliphatic heterocycles. The highest BCUT2D eigenvalue weighted by Gasteiger charge is 2.19. The number of nitrogens with one attached hydrogen (secondary N) is 1. The number of amides is 1. The van der Waals surface area contributed by atoms with Gasteiger partial charge in [0.25, 0.3) is 5.56 Å². The van der Waals surface area contributed by atoms with Crippen LogP contribution in [0.3, 0.4) is 0 Å². The number of nitrogens with zero attached hydrogens (tertiary/aromatic N) is 4. The first kappa shape index (κ1) is 17.1. The van der Waals surface area contributed by atoms with Crippen molar-refractivity contribution < 1.29 is 4.79 Å². The Labute approximate surface area is 145 Å². The maximum absolute atomic E-state index is 12.9. The number of benzene rings is 1. The van der Waals surface area contributed by atoms with E-state index in [0.29, 0.717) is 5.52 Å². The summed E-state index contributed by atoms with van der Waals surface area (Å²) >= 11 is 0. The van der Waals surface area contributed by atoms with Crippen molar-refractivity contribution in [2.24, 2.45) is 0 Å². The van der Waals surface area contributed by atoms with Gasteiger partial charge in [0.1, 0.15) is 12.4 Å². The van der Waals surface area contributed by atoms with Crippen LogP contribution in [0.5, 0.6) is 0 Å². The van der Waals surface area contributed by atoms with Crippen LogP contribution >= 0.6 is 0 Å². The first-order valence-corrected chi connectivity index (χ1v) is 8.60. The average molecular weight is 341 g/mol. The molecule has 0 spiro atoms. The molecule has 1 atom stereocenters. The lowest BCUT2D eigenvalue weighted by Crippen LogP contribution is -2.37. The Bertz CT molecular complexity index is 986. The van der Waals surface area contributed by atoms with Gasteiger partial charge in [0.05, 0.1) is 11.0 Å². The average Bonchev–Trinajstić information content (AvgIpc) is 3.04. The highest BCUT2D eigenvalue weighted by atomic mass is 16.2. The van der Waals surface area contributed by atoms with E-state index in [1.165, 1.54) is 4.57 Å². The van der Waals surface area contributed by atoms with E-state index in [9.17, 15) is 9.59 Å². The summed E-state index contributed by atoms with van der Waals surface area (Å²) < 4.78 is 3.27. The predicted molar refractivity (Wildman–Crippen MR) is 96.7 cm³/mol. The van der Waals surface area contributed by atoms with Crippen molar-refractivity contribution in [3.05, 3.63) is 40.4 Å². The number of fused-ring (bicyclic) bond motifs is 3. The van der Waals surface area contributed by atoms with E-state index in [-0.39, 0.29) is 35.6 Å². The van der Waals surface area contributed by atoms with E-state index in [4.69, 9.17) is 0 Å². The quantitative estimate of drug-likeness (QED) is 0.770. The highest BCUT2D eigenvalue weighted by Crippen LogP contribution is 2.19. The van der Waals surface area contributed by atoms with E-state index < -0.39 is 0 Å². The first-order chi connectivity index (χ1) is 11.9. The highest BCUT2D eigenvalue weighted by molar-refractivity contribution is 5.82. The fourth-order valence-corrected chi connectivity index (χ4v) is 2.88. The fraction of sp³-hybridized carbons (Fsp3) is 0.444. The van der Waals surface area contributed by atoms with Gasteiger partial charge >= 0.3 is 0 Å². The van der Waals surface area contributed by atoms with Gasteiger partial charge in [-0.1, -0.05) is 32.9 Å². The maximum Gasteiger partial charge on any atom is 0.297 e. The molecule has 0 aliphatic rings. The molecule has 3 rings (SSSR count). The van der Waals surface area contributed by atoms with Gasteiger partial charge in [-0.15, -0.1) is 10.2 Å². The molecule has 0 bridgehead atoms. The Hall–Kier alpha value is -2.70. The lowest BCUT2D eigenvalue weighted by Gasteiger charge is -2.15. The zero-order chi connectivity index (χ0) is 18.1. The van der Waals surface area contributed by atoms with Crippen LogP contribution < -0.4 is 10.9 Å². The van der Waals surface area contributed by atoms with Gasteiger partial charge < -0.3 is 5.32 Å². The molecule has 0 saturated heterocycles. The molecule has 0 aliphatic carbocycles. The van der Waals surface area contributed by atoms with Crippen LogP contribution in [0.15, 0.2) is 29.1 Å². The second-order valence-electron chi connectivity index (χ2n) is 6.63. The zero-order valence-corrected chi connectivity index (χ0v) is 15.0. The summed E-state index contributed by atoms with van der Waals surface area (Å²) in [5.74, 6) is 0.677. The smallest absolute Gasteiger partial charge is 0.297 e. The molecule has 2 aromatic heterocycles. The lowest BCUT2D eigenvalue weighted by atomic mass is 10.2. The third kappa shape index (κ3) is 3.01. The summed E-state index contributed by atoms with van der Waals surface area (Å²) in [6.45, 7) is 7.92. The number of carbonyl (C=O) groups excluding carboxylic acids is 1. The van der Waals surface area contributed by atoms with E-state index in [2.05, 4.69) is 15.5 Å². The van der Waals surface area contributed by atoms with Crippen molar-refractivity contribution in [3.63, 3.8) is 0 Å². The molecule has 1 N–H and O–H groups in total. The molecule has 7 heteroatoms. The Morgan fingerprint density at radius 1 is 1.16 bits per heavy atom. The Kier molecular flexibility index (Phi) is 4.57. The van der Waals surface area contributed by atoms with E-state index >= 15 is 0 Å². The van der Waals surface area contributed by atoms with Crippen LogP contribution in [0.1, 0.15) is 45.9 Å². The van der Waals surface area contributed by atoms with Crippen molar-refractivity contribution in [2.75, 3.05) is 0 Å². The van der Waals surface area contributed by atoms with Crippen LogP contribution in [0.2, 0.25) is 0 Å². The molecular formula is C18H23N5O2. The fourth-order valence-electron chi connectivity index (χ4n) is 2.88.